The first-order valence-electron chi connectivity index (χ1n) is 5.73. The molecule has 0 radical (unpaired) electrons. The molecule has 0 aliphatic carbocycles. The van der Waals surface area contributed by atoms with Crippen molar-refractivity contribution in [3.05, 3.63) is 35.4 Å². The average molecular weight is 221 g/mol. The number of aliphatic carboxylic acids is 1. The van der Waals surface area contributed by atoms with Crippen LogP contribution in [0.1, 0.15) is 30.9 Å². The summed E-state index contributed by atoms with van der Waals surface area (Å²) >= 11 is 0. The Morgan fingerprint density at radius 2 is 2.00 bits per heavy atom. The van der Waals surface area contributed by atoms with Crippen molar-refractivity contribution in [2.75, 3.05) is 6.54 Å². The lowest BCUT2D eigenvalue weighted by Crippen LogP contribution is -2.16. The molecule has 0 heterocycles. The van der Waals surface area contributed by atoms with Gasteiger partial charge in [0, 0.05) is 6.54 Å². The maximum atomic E-state index is 10.7. The van der Waals surface area contributed by atoms with Crippen LogP contribution in [0.15, 0.2) is 24.3 Å². The van der Waals surface area contributed by atoms with Crippen molar-refractivity contribution in [1.29, 1.82) is 0 Å². The molecule has 2 N–H and O–H groups in total. The highest BCUT2D eigenvalue weighted by Gasteiger charge is 2.05. The minimum atomic E-state index is -0.777. The molecule has 0 saturated carbocycles. The van der Waals surface area contributed by atoms with Gasteiger partial charge in [0.05, 0.1) is 6.42 Å². The van der Waals surface area contributed by atoms with Crippen molar-refractivity contribution in [2.24, 2.45) is 0 Å². The Morgan fingerprint density at radius 3 is 2.62 bits per heavy atom. The fourth-order valence-electron chi connectivity index (χ4n) is 1.59. The smallest absolute Gasteiger partial charge is 0.307 e. The third-order valence-corrected chi connectivity index (χ3v) is 2.48. The number of nitrogens with one attached hydrogen (secondary N) is 1. The van der Waals surface area contributed by atoms with Crippen molar-refractivity contribution >= 4 is 5.97 Å². The third-order valence-electron chi connectivity index (χ3n) is 2.48. The summed E-state index contributed by atoms with van der Waals surface area (Å²) in [6.07, 6.45) is 2.43. The van der Waals surface area contributed by atoms with E-state index in [-0.39, 0.29) is 6.42 Å². The van der Waals surface area contributed by atoms with Gasteiger partial charge >= 0.3 is 5.97 Å². The Hall–Kier alpha value is -1.35. The van der Waals surface area contributed by atoms with Crippen LogP contribution in [0.4, 0.5) is 0 Å². The second kappa shape index (κ2) is 7.01. The molecule has 0 aliphatic rings. The molecule has 0 atom stereocenters. The van der Waals surface area contributed by atoms with Gasteiger partial charge < -0.3 is 10.4 Å². The molecular formula is C13H19NO2. The second-order valence-electron chi connectivity index (χ2n) is 3.87. The summed E-state index contributed by atoms with van der Waals surface area (Å²) in [6, 6.07) is 7.69. The van der Waals surface area contributed by atoms with Crippen LogP contribution in [0.3, 0.4) is 0 Å². The van der Waals surface area contributed by atoms with E-state index in [1.54, 1.807) is 0 Å². The predicted octanol–water partition coefficient (Wildman–Crippen LogP) is 2.20. The van der Waals surface area contributed by atoms with Crippen molar-refractivity contribution in [2.45, 2.75) is 32.7 Å². The van der Waals surface area contributed by atoms with E-state index >= 15 is 0 Å². The summed E-state index contributed by atoms with van der Waals surface area (Å²) in [7, 11) is 0. The molecule has 1 rings (SSSR count). The van der Waals surface area contributed by atoms with Gasteiger partial charge in [0.25, 0.3) is 0 Å². The van der Waals surface area contributed by atoms with Crippen molar-refractivity contribution in [3.8, 4) is 0 Å². The van der Waals surface area contributed by atoms with Gasteiger partial charge in [0.2, 0.25) is 0 Å². The van der Waals surface area contributed by atoms with Crippen LogP contribution >= 0.6 is 0 Å². The number of unbranched alkanes of at least 4 members (excludes halogenated alkanes) is 1. The first-order valence-corrected chi connectivity index (χ1v) is 5.73. The highest BCUT2D eigenvalue weighted by atomic mass is 16.4. The summed E-state index contributed by atoms with van der Waals surface area (Å²) in [6.45, 7) is 3.89. The topological polar surface area (TPSA) is 49.3 Å². The number of carboxylic acid groups (broad SMARTS) is 1. The van der Waals surface area contributed by atoms with E-state index in [9.17, 15) is 4.79 Å². The molecule has 0 aromatic heterocycles. The molecule has 3 heteroatoms. The molecule has 88 valence electrons. The summed E-state index contributed by atoms with van der Waals surface area (Å²) in [4.78, 5) is 10.7. The van der Waals surface area contributed by atoms with E-state index in [0.717, 1.165) is 30.6 Å². The first-order chi connectivity index (χ1) is 7.74. The van der Waals surface area contributed by atoms with Crippen LogP contribution in [0, 0.1) is 0 Å². The van der Waals surface area contributed by atoms with Crippen LogP contribution in [-0.2, 0) is 17.8 Å². The van der Waals surface area contributed by atoms with E-state index in [2.05, 4.69) is 12.2 Å². The van der Waals surface area contributed by atoms with Gasteiger partial charge in [-0.1, -0.05) is 37.6 Å². The zero-order valence-electron chi connectivity index (χ0n) is 9.70. The molecule has 0 fully saturated rings. The molecule has 0 aliphatic heterocycles. The summed E-state index contributed by atoms with van der Waals surface area (Å²) in [5, 5.41) is 12.1. The van der Waals surface area contributed by atoms with E-state index in [0.29, 0.717) is 0 Å². The molecule has 16 heavy (non-hydrogen) atoms. The molecule has 1 aromatic carbocycles. The minimum Gasteiger partial charge on any atom is -0.481 e. The summed E-state index contributed by atoms with van der Waals surface area (Å²) in [5.74, 6) is -0.777. The van der Waals surface area contributed by atoms with Gasteiger partial charge in [0.1, 0.15) is 0 Å². The monoisotopic (exact) mass is 221 g/mol. The molecule has 0 bridgehead atoms. The molecule has 0 saturated heterocycles. The summed E-state index contributed by atoms with van der Waals surface area (Å²) in [5.41, 5.74) is 1.99. The summed E-state index contributed by atoms with van der Waals surface area (Å²) < 4.78 is 0. The van der Waals surface area contributed by atoms with Crippen LogP contribution in [0.2, 0.25) is 0 Å². The van der Waals surface area contributed by atoms with E-state index in [1.807, 2.05) is 24.3 Å². The lowest BCUT2D eigenvalue weighted by Gasteiger charge is -2.08. The fourth-order valence-corrected chi connectivity index (χ4v) is 1.59. The zero-order chi connectivity index (χ0) is 11.8. The first kappa shape index (κ1) is 12.7. The Bertz CT molecular complexity index is 336. The zero-order valence-corrected chi connectivity index (χ0v) is 9.70. The molecule has 1 aromatic rings. The largest absolute Gasteiger partial charge is 0.481 e. The van der Waals surface area contributed by atoms with Crippen LogP contribution in [0.5, 0.6) is 0 Å². The quantitative estimate of drug-likeness (QED) is 0.694. The van der Waals surface area contributed by atoms with Crippen molar-refractivity contribution in [1.82, 2.24) is 5.32 Å². The number of carbonyl (C=O) groups is 1. The SMILES string of the molecule is CCCCNCc1ccccc1CC(=O)O. The van der Waals surface area contributed by atoms with Crippen molar-refractivity contribution < 1.29 is 9.90 Å². The maximum absolute atomic E-state index is 10.7. The van der Waals surface area contributed by atoms with E-state index in [4.69, 9.17) is 5.11 Å². The number of benzene rings is 1. The van der Waals surface area contributed by atoms with Crippen LogP contribution < -0.4 is 5.32 Å². The molecular weight excluding hydrogens is 202 g/mol. The van der Waals surface area contributed by atoms with Crippen molar-refractivity contribution in [3.63, 3.8) is 0 Å². The molecule has 0 spiro atoms. The van der Waals surface area contributed by atoms with E-state index in [1.165, 1.54) is 6.42 Å². The number of carboxylic acids is 1. The number of hydrogen-bond donors (Lipinski definition) is 2. The number of hydrogen-bond acceptors (Lipinski definition) is 2. The lowest BCUT2D eigenvalue weighted by atomic mass is 10.0. The fraction of sp³-hybridized carbons (Fsp3) is 0.462. The van der Waals surface area contributed by atoms with Gasteiger partial charge in [-0.15, -0.1) is 0 Å². The molecule has 3 nitrogen and oxygen atoms in total. The van der Waals surface area contributed by atoms with Gasteiger partial charge in [-0.05, 0) is 24.1 Å². The van der Waals surface area contributed by atoms with Crippen LogP contribution in [-0.4, -0.2) is 17.6 Å². The van der Waals surface area contributed by atoms with Gasteiger partial charge in [-0.25, -0.2) is 0 Å². The molecule has 0 amide bonds. The second-order valence-corrected chi connectivity index (χ2v) is 3.87. The lowest BCUT2D eigenvalue weighted by molar-refractivity contribution is -0.136. The van der Waals surface area contributed by atoms with Gasteiger partial charge in [-0.3, -0.25) is 4.79 Å². The predicted molar refractivity (Wildman–Crippen MR) is 64.4 cm³/mol. The normalized spacial score (nSPS) is 10.3. The van der Waals surface area contributed by atoms with Gasteiger partial charge in [-0.2, -0.15) is 0 Å². The average Bonchev–Trinajstić information content (AvgIpc) is 2.26. The Labute approximate surface area is 96.5 Å². The van der Waals surface area contributed by atoms with Gasteiger partial charge in [0.15, 0.2) is 0 Å². The Balaban J connectivity index is 2.53. The standard InChI is InChI=1S/C13H19NO2/c1-2-3-8-14-10-12-7-5-4-6-11(12)9-13(15)16/h4-7,14H,2-3,8-10H2,1H3,(H,15,16). The Kier molecular flexibility index (Phi) is 5.57. The highest BCUT2D eigenvalue weighted by Crippen LogP contribution is 2.09. The third kappa shape index (κ3) is 4.45. The minimum absolute atomic E-state index is 0.103. The molecule has 0 unspecified atom stereocenters. The van der Waals surface area contributed by atoms with E-state index < -0.39 is 5.97 Å². The number of rotatable bonds is 7. The van der Waals surface area contributed by atoms with Crippen LogP contribution in [0.25, 0.3) is 0 Å². The highest BCUT2D eigenvalue weighted by molar-refractivity contribution is 5.70. The maximum Gasteiger partial charge on any atom is 0.307 e. The Morgan fingerprint density at radius 1 is 1.31 bits per heavy atom.